The summed E-state index contributed by atoms with van der Waals surface area (Å²) in [4.78, 5) is 0. The molecule has 0 heterocycles. The molecule has 0 aliphatic heterocycles. The second kappa shape index (κ2) is 8.59. The van der Waals surface area contributed by atoms with Crippen molar-refractivity contribution in [3.63, 3.8) is 0 Å². The van der Waals surface area contributed by atoms with Crippen LogP contribution in [-0.4, -0.2) is 103 Å². The average molecular weight is 170 g/mol. The van der Waals surface area contributed by atoms with E-state index in [1.807, 2.05) is 18.2 Å². The molecule has 38 valence electrons. The summed E-state index contributed by atoms with van der Waals surface area (Å²) in [5.74, 6) is 0. The minimum atomic E-state index is 0. The van der Waals surface area contributed by atoms with Gasteiger partial charge < -0.3 is 0 Å². The van der Waals surface area contributed by atoms with Gasteiger partial charge in [0.1, 0.15) is 0 Å². The van der Waals surface area contributed by atoms with Crippen molar-refractivity contribution < 1.29 is 0 Å². The van der Waals surface area contributed by atoms with Gasteiger partial charge in [-0.05, 0) is 6.92 Å². The quantitative estimate of drug-likeness (QED) is 0.514. The molecule has 0 bridgehead atoms. The largest absolute Gasteiger partial charge is 0.0622 e. The Morgan fingerprint density at radius 2 is 1.33 bits per heavy atom. The van der Waals surface area contributed by atoms with Crippen molar-refractivity contribution in [1.29, 1.82) is 0 Å². The summed E-state index contributed by atoms with van der Waals surface area (Å²) in [6, 6.07) is 10.3. The van der Waals surface area contributed by atoms with Gasteiger partial charge in [0.15, 0.2) is 0 Å². The van der Waals surface area contributed by atoms with Gasteiger partial charge in [-0.25, -0.2) is 0 Å². The van der Waals surface area contributed by atoms with Crippen LogP contribution in [0.1, 0.15) is 5.56 Å². The van der Waals surface area contributed by atoms with Gasteiger partial charge in [-0.15, -0.1) is 0 Å². The number of benzene rings is 1. The molecule has 0 fully saturated rings. The van der Waals surface area contributed by atoms with E-state index < -0.39 is 0 Å². The minimum Gasteiger partial charge on any atom is -0.0622 e. The van der Waals surface area contributed by atoms with Crippen molar-refractivity contribution in [2.75, 3.05) is 0 Å². The van der Waals surface area contributed by atoms with E-state index in [-0.39, 0.29) is 103 Å². The molecular formula is C7H8K2. The molecule has 9 heavy (non-hydrogen) atoms. The summed E-state index contributed by atoms with van der Waals surface area (Å²) < 4.78 is 0. The topological polar surface area (TPSA) is 0 Å². The molecule has 1 rings (SSSR count). The third-order valence-electron chi connectivity index (χ3n) is 0.940. The first-order chi connectivity index (χ1) is 3.39. The van der Waals surface area contributed by atoms with Crippen LogP contribution < -0.4 is 0 Å². The van der Waals surface area contributed by atoms with E-state index in [1.54, 1.807) is 0 Å². The summed E-state index contributed by atoms with van der Waals surface area (Å²) in [7, 11) is 0. The standard InChI is InChI=1S/C7H8.2K/c1-7-5-3-2-4-6-7;;/h2-6H,1H3;;. The molecule has 0 aliphatic carbocycles. The van der Waals surface area contributed by atoms with E-state index in [1.165, 1.54) is 5.56 Å². The number of aryl methyl sites for hydroxylation is 1. The molecule has 1 aromatic rings. The fourth-order valence-electron chi connectivity index (χ4n) is 0.534. The second-order valence-corrected chi connectivity index (χ2v) is 1.65. The molecule has 1 aromatic carbocycles. The smallest absolute Gasteiger partial charge is 0 e. The molecule has 0 amide bonds. The average Bonchev–Trinajstić information content (AvgIpc) is 1.69. The molecule has 0 saturated heterocycles. The monoisotopic (exact) mass is 170 g/mol. The first-order valence-electron chi connectivity index (χ1n) is 2.41. The Labute approximate surface area is 142 Å². The van der Waals surface area contributed by atoms with Crippen molar-refractivity contribution >= 4 is 103 Å². The summed E-state index contributed by atoms with van der Waals surface area (Å²) in [5.41, 5.74) is 1.32. The summed E-state index contributed by atoms with van der Waals surface area (Å²) in [6.07, 6.45) is 0. The van der Waals surface area contributed by atoms with Crippen molar-refractivity contribution in [1.82, 2.24) is 0 Å². The van der Waals surface area contributed by atoms with Gasteiger partial charge in [0.25, 0.3) is 0 Å². The van der Waals surface area contributed by atoms with Crippen LogP contribution in [0, 0.1) is 6.92 Å². The maximum Gasteiger partial charge on any atom is 0 e. The van der Waals surface area contributed by atoms with Gasteiger partial charge in [0.2, 0.25) is 0 Å². The normalized spacial score (nSPS) is 6.78. The minimum absolute atomic E-state index is 0. The molecule has 0 N–H and O–H groups in total. The fourth-order valence-corrected chi connectivity index (χ4v) is 0.534. The molecule has 2 radical (unpaired) electrons. The van der Waals surface area contributed by atoms with E-state index in [4.69, 9.17) is 0 Å². The van der Waals surface area contributed by atoms with Gasteiger partial charge in [0, 0.05) is 103 Å². The molecule has 0 unspecified atom stereocenters. The van der Waals surface area contributed by atoms with Gasteiger partial charge in [-0.3, -0.25) is 0 Å². The molecule has 2 heteroatoms. The second-order valence-electron chi connectivity index (χ2n) is 1.65. The zero-order valence-corrected chi connectivity index (χ0v) is 12.6. The van der Waals surface area contributed by atoms with Crippen molar-refractivity contribution in [2.24, 2.45) is 0 Å². The molecule has 0 atom stereocenters. The van der Waals surface area contributed by atoms with Crippen LogP contribution >= 0.6 is 0 Å². The van der Waals surface area contributed by atoms with Crippen LogP contribution in [0.2, 0.25) is 0 Å². The number of rotatable bonds is 0. The maximum absolute atomic E-state index is 2.08. The maximum atomic E-state index is 2.08. The van der Waals surface area contributed by atoms with Crippen LogP contribution in [-0.2, 0) is 0 Å². The Morgan fingerprint density at radius 3 is 1.56 bits per heavy atom. The Kier molecular flexibility index (Phi) is 13.4. The Hall–Kier alpha value is 2.49. The van der Waals surface area contributed by atoms with Crippen LogP contribution in [0.25, 0.3) is 0 Å². The van der Waals surface area contributed by atoms with E-state index in [9.17, 15) is 0 Å². The third kappa shape index (κ3) is 6.87. The first kappa shape index (κ1) is 14.0. The molecule has 0 aliphatic rings. The molecule has 0 nitrogen and oxygen atoms in total. The molecule has 0 aromatic heterocycles. The predicted molar refractivity (Wildman–Crippen MR) is 42.7 cm³/mol. The predicted octanol–water partition coefficient (Wildman–Crippen LogP) is 1.23. The van der Waals surface area contributed by atoms with Crippen LogP contribution in [0.15, 0.2) is 30.3 Å². The van der Waals surface area contributed by atoms with Crippen molar-refractivity contribution in [3.05, 3.63) is 35.9 Å². The molecular weight excluding hydrogens is 162 g/mol. The third-order valence-corrected chi connectivity index (χ3v) is 0.940. The summed E-state index contributed by atoms with van der Waals surface area (Å²) >= 11 is 0. The zero-order chi connectivity index (χ0) is 5.11. The van der Waals surface area contributed by atoms with Gasteiger partial charge in [-0.2, -0.15) is 0 Å². The Balaban J connectivity index is 0. The van der Waals surface area contributed by atoms with Crippen LogP contribution in [0.3, 0.4) is 0 Å². The SMILES string of the molecule is Cc1ccccc1.[K].[K]. The zero-order valence-electron chi connectivity index (χ0n) is 6.39. The van der Waals surface area contributed by atoms with E-state index in [0.29, 0.717) is 0 Å². The van der Waals surface area contributed by atoms with Crippen molar-refractivity contribution in [3.8, 4) is 0 Å². The number of hydrogen-bond donors (Lipinski definition) is 0. The summed E-state index contributed by atoms with van der Waals surface area (Å²) in [5, 5.41) is 0. The van der Waals surface area contributed by atoms with E-state index in [0.717, 1.165) is 0 Å². The van der Waals surface area contributed by atoms with E-state index >= 15 is 0 Å². The molecule has 0 spiro atoms. The number of hydrogen-bond acceptors (Lipinski definition) is 0. The fraction of sp³-hybridized carbons (Fsp3) is 0.143. The molecule has 0 saturated carbocycles. The first-order valence-corrected chi connectivity index (χ1v) is 2.41. The van der Waals surface area contributed by atoms with E-state index in [2.05, 4.69) is 19.1 Å². The van der Waals surface area contributed by atoms with Crippen molar-refractivity contribution in [2.45, 2.75) is 6.92 Å². The Morgan fingerprint density at radius 1 is 0.889 bits per heavy atom. The summed E-state index contributed by atoms with van der Waals surface area (Å²) in [6.45, 7) is 2.08. The van der Waals surface area contributed by atoms with Crippen LogP contribution in [0.4, 0.5) is 0 Å². The van der Waals surface area contributed by atoms with Gasteiger partial charge in [-0.1, -0.05) is 35.9 Å². The Bertz CT molecular complexity index is 137. The van der Waals surface area contributed by atoms with Gasteiger partial charge >= 0.3 is 0 Å². The van der Waals surface area contributed by atoms with Gasteiger partial charge in [0.05, 0.1) is 0 Å². The van der Waals surface area contributed by atoms with Crippen LogP contribution in [0.5, 0.6) is 0 Å².